The van der Waals surface area contributed by atoms with Gasteiger partial charge in [0.15, 0.2) is 0 Å². The summed E-state index contributed by atoms with van der Waals surface area (Å²) in [6.45, 7) is 0. The minimum atomic E-state index is 0.413. The minimum Gasteiger partial charge on any atom is -0.490 e. The van der Waals surface area contributed by atoms with Crippen molar-refractivity contribution in [3.63, 3.8) is 0 Å². The first-order valence-electron chi connectivity index (χ1n) is 4.98. The lowest BCUT2D eigenvalue weighted by Crippen LogP contribution is -2.19. The second-order valence-electron chi connectivity index (χ2n) is 3.51. The van der Waals surface area contributed by atoms with Gasteiger partial charge in [-0.1, -0.05) is 18.2 Å². The molecule has 1 radical (unpaired) electrons. The van der Waals surface area contributed by atoms with E-state index in [1.807, 2.05) is 30.3 Å². The lowest BCUT2D eigenvalue weighted by atomic mass is 9.98. The highest BCUT2D eigenvalue weighted by Crippen LogP contribution is 2.22. The Hall–Kier alpha value is -0.980. The maximum absolute atomic E-state index is 5.82. The van der Waals surface area contributed by atoms with E-state index in [0.29, 0.717) is 6.10 Å². The summed E-state index contributed by atoms with van der Waals surface area (Å²) in [6.07, 6.45) is 7.58. The van der Waals surface area contributed by atoms with Crippen LogP contribution in [0, 0.1) is 6.42 Å². The summed E-state index contributed by atoms with van der Waals surface area (Å²) < 4.78 is 5.82. The monoisotopic (exact) mass is 175 g/mol. The molecule has 0 amide bonds. The van der Waals surface area contributed by atoms with E-state index >= 15 is 0 Å². The Morgan fingerprint density at radius 3 is 2.69 bits per heavy atom. The van der Waals surface area contributed by atoms with Crippen molar-refractivity contribution in [3.05, 3.63) is 36.8 Å². The van der Waals surface area contributed by atoms with Crippen molar-refractivity contribution in [1.82, 2.24) is 0 Å². The fourth-order valence-corrected chi connectivity index (χ4v) is 1.71. The summed E-state index contributed by atoms with van der Waals surface area (Å²) in [7, 11) is 0. The molecule has 0 heterocycles. The van der Waals surface area contributed by atoms with E-state index in [4.69, 9.17) is 4.74 Å². The van der Waals surface area contributed by atoms with Crippen LogP contribution in [-0.2, 0) is 0 Å². The Balaban J connectivity index is 1.90. The van der Waals surface area contributed by atoms with E-state index in [0.717, 1.165) is 12.2 Å². The second-order valence-corrected chi connectivity index (χ2v) is 3.51. The molecule has 69 valence electrons. The van der Waals surface area contributed by atoms with Crippen LogP contribution in [0.3, 0.4) is 0 Å². The maximum atomic E-state index is 5.82. The smallest absolute Gasteiger partial charge is 0.119 e. The van der Waals surface area contributed by atoms with Gasteiger partial charge in [0, 0.05) is 0 Å². The predicted molar refractivity (Wildman–Crippen MR) is 53.6 cm³/mol. The van der Waals surface area contributed by atoms with Gasteiger partial charge in [-0.25, -0.2) is 0 Å². The lowest BCUT2D eigenvalue weighted by molar-refractivity contribution is 0.173. The first-order valence-corrected chi connectivity index (χ1v) is 4.98. The molecule has 0 aliphatic heterocycles. The van der Waals surface area contributed by atoms with Gasteiger partial charge >= 0.3 is 0 Å². The molecule has 1 aliphatic carbocycles. The van der Waals surface area contributed by atoms with Crippen LogP contribution in [0.25, 0.3) is 0 Å². The first-order chi connectivity index (χ1) is 6.45. The topological polar surface area (TPSA) is 9.23 Å². The summed E-state index contributed by atoms with van der Waals surface area (Å²) in [4.78, 5) is 0. The number of benzene rings is 1. The molecule has 1 heteroatoms. The molecule has 0 aromatic heterocycles. The summed E-state index contributed by atoms with van der Waals surface area (Å²) in [5, 5.41) is 0. The predicted octanol–water partition coefficient (Wildman–Crippen LogP) is 3.21. The van der Waals surface area contributed by atoms with Crippen molar-refractivity contribution in [3.8, 4) is 5.75 Å². The van der Waals surface area contributed by atoms with Crippen molar-refractivity contribution in [2.45, 2.75) is 31.8 Å². The second kappa shape index (κ2) is 4.31. The average Bonchev–Trinajstić information content (AvgIpc) is 2.21. The molecule has 1 nitrogen and oxygen atoms in total. The van der Waals surface area contributed by atoms with Crippen molar-refractivity contribution < 1.29 is 4.74 Å². The Labute approximate surface area is 79.7 Å². The van der Waals surface area contributed by atoms with Gasteiger partial charge in [0.25, 0.3) is 0 Å². The molecule has 1 atom stereocenters. The van der Waals surface area contributed by atoms with Crippen LogP contribution in [0.15, 0.2) is 30.3 Å². The van der Waals surface area contributed by atoms with E-state index < -0.39 is 0 Å². The number of para-hydroxylation sites is 1. The number of ether oxygens (including phenoxy) is 1. The van der Waals surface area contributed by atoms with Crippen molar-refractivity contribution in [2.24, 2.45) is 0 Å². The molecule has 0 N–H and O–H groups in total. The summed E-state index contributed by atoms with van der Waals surface area (Å²) in [5.41, 5.74) is 0. The van der Waals surface area contributed by atoms with Gasteiger partial charge in [-0.15, -0.1) is 0 Å². The van der Waals surface area contributed by atoms with Crippen LogP contribution < -0.4 is 4.74 Å². The minimum absolute atomic E-state index is 0.413. The summed E-state index contributed by atoms with van der Waals surface area (Å²) in [5.74, 6) is 1.00. The fraction of sp³-hybridized carbons (Fsp3) is 0.417. The number of rotatable bonds is 2. The van der Waals surface area contributed by atoms with Gasteiger partial charge in [0.05, 0.1) is 6.10 Å². The van der Waals surface area contributed by atoms with E-state index in [9.17, 15) is 0 Å². The van der Waals surface area contributed by atoms with E-state index in [1.165, 1.54) is 19.3 Å². The molecular weight excluding hydrogens is 160 g/mol. The molecule has 2 rings (SSSR count). The molecule has 0 saturated heterocycles. The SMILES string of the molecule is [CH]1CCCC(Oc2ccccc2)C1. The summed E-state index contributed by atoms with van der Waals surface area (Å²) >= 11 is 0. The molecule has 0 bridgehead atoms. The van der Waals surface area contributed by atoms with Gasteiger partial charge in [-0.05, 0) is 44.2 Å². The zero-order valence-electron chi connectivity index (χ0n) is 7.78. The lowest BCUT2D eigenvalue weighted by Gasteiger charge is -2.22. The Morgan fingerprint density at radius 1 is 1.15 bits per heavy atom. The Kier molecular flexibility index (Phi) is 2.86. The molecule has 1 aromatic carbocycles. The van der Waals surface area contributed by atoms with Crippen molar-refractivity contribution in [2.75, 3.05) is 0 Å². The third-order valence-electron chi connectivity index (χ3n) is 2.41. The molecule has 1 fully saturated rings. The van der Waals surface area contributed by atoms with Crippen molar-refractivity contribution >= 4 is 0 Å². The van der Waals surface area contributed by atoms with Gasteiger partial charge < -0.3 is 4.74 Å². The maximum Gasteiger partial charge on any atom is 0.119 e. The van der Waals surface area contributed by atoms with Gasteiger partial charge in [0.1, 0.15) is 5.75 Å². The third kappa shape index (κ3) is 2.48. The molecule has 0 spiro atoms. The highest BCUT2D eigenvalue weighted by molar-refractivity contribution is 5.21. The Bertz CT molecular complexity index is 237. The van der Waals surface area contributed by atoms with E-state index in [2.05, 4.69) is 6.42 Å². The van der Waals surface area contributed by atoms with Crippen LogP contribution in [0.1, 0.15) is 25.7 Å². The largest absolute Gasteiger partial charge is 0.490 e. The Morgan fingerprint density at radius 2 is 2.00 bits per heavy atom. The van der Waals surface area contributed by atoms with E-state index in [1.54, 1.807) is 0 Å². The zero-order chi connectivity index (χ0) is 8.93. The molecule has 1 saturated carbocycles. The standard InChI is InChI=1S/C12H15O/c1-3-7-11(8-4-1)13-12-9-5-2-6-10-12/h1,3-5,7-8,12H,2,6,9-10H2. The van der Waals surface area contributed by atoms with E-state index in [-0.39, 0.29) is 0 Å². The van der Waals surface area contributed by atoms with Crippen LogP contribution in [0.5, 0.6) is 5.75 Å². The van der Waals surface area contributed by atoms with Crippen LogP contribution in [0.2, 0.25) is 0 Å². The summed E-state index contributed by atoms with van der Waals surface area (Å²) in [6, 6.07) is 10.1. The zero-order valence-corrected chi connectivity index (χ0v) is 7.78. The molecule has 1 aliphatic rings. The quantitative estimate of drug-likeness (QED) is 0.670. The highest BCUT2D eigenvalue weighted by Gasteiger charge is 2.14. The fourth-order valence-electron chi connectivity index (χ4n) is 1.71. The highest BCUT2D eigenvalue weighted by atomic mass is 16.5. The van der Waals surface area contributed by atoms with Crippen molar-refractivity contribution in [1.29, 1.82) is 0 Å². The average molecular weight is 175 g/mol. The van der Waals surface area contributed by atoms with Crippen LogP contribution in [-0.4, -0.2) is 6.10 Å². The molecule has 1 aromatic rings. The molecular formula is C12H15O. The van der Waals surface area contributed by atoms with Gasteiger partial charge in [-0.3, -0.25) is 0 Å². The third-order valence-corrected chi connectivity index (χ3v) is 2.41. The van der Waals surface area contributed by atoms with Gasteiger partial charge in [0.2, 0.25) is 0 Å². The van der Waals surface area contributed by atoms with Gasteiger partial charge in [-0.2, -0.15) is 0 Å². The van der Waals surface area contributed by atoms with Crippen LogP contribution in [0.4, 0.5) is 0 Å². The van der Waals surface area contributed by atoms with Crippen LogP contribution >= 0.6 is 0 Å². The normalized spacial score (nSPS) is 18.5. The number of hydrogen-bond acceptors (Lipinski definition) is 1. The number of hydrogen-bond donors (Lipinski definition) is 0. The molecule has 13 heavy (non-hydrogen) atoms. The first kappa shape index (κ1) is 8.61. The molecule has 1 unspecified atom stereocenters.